The van der Waals surface area contributed by atoms with E-state index in [4.69, 9.17) is 23.2 Å². The average molecular weight is 472 g/mol. The van der Waals surface area contributed by atoms with Crippen LogP contribution in [0.1, 0.15) is 27.3 Å². The lowest BCUT2D eigenvalue weighted by molar-refractivity contribution is 0.0690. The van der Waals surface area contributed by atoms with Crippen LogP contribution < -0.4 is 5.32 Å². The van der Waals surface area contributed by atoms with Crippen LogP contribution in [-0.2, 0) is 0 Å². The van der Waals surface area contributed by atoms with Crippen molar-refractivity contribution >= 4 is 46.4 Å². The molecule has 0 spiro atoms. The monoisotopic (exact) mass is 471 g/mol. The molecule has 1 saturated heterocycles. The van der Waals surface area contributed by atoms with Gasteiger partial charge in [-0.05, 0) is 54.2 Å². The Hall–Kier alpha value is -2.41. The van der Waals surface area contributed by atoms with Crippen molar-refractivity contribution in [2.75, 3.05) is 13.1 Å². The molecule has 2 amide bonds. The standard InChI is InChI=1S/C23H19Cl2N3O2S/c24-16-5-1-3-13(7-16)21-20(27-12-31-21)23(30)28-11-15-9-18(15)19(28)10-26-22(29)14-4-2-6-17(25)8-14/h1-8,12,15,18-19H,9-11H2,(H,26,29)/t15-,18?,19+/m0/s1. The lowest BCUT2D eigenvalue weighted by atomic mass is 10.1. The number of fused-ring (bicyclic) bond motifs is 1. The van der Waals surface area contributed by atoms with Gasteiger partial charge >= 0.3 is 0 Å². The van der Waals surface area contributed by atoms with Crippen molar-refractivity contribution < 1.29 is 9.59 Å². The number of thiazole rings is 1. The van der Waals surface area contributed by atoms with E-state index in [-0.39, 0.29) is 17.9 Å². The third-order valence-electron chi connectivity index (χ3n) is 5.98. The number of piperidine rings is 1. The number of aromatic nitrogens is 1. The minimum Gasteiger partial charge on any atom is -0.350 e. The first-order valence-corrected chi connectivity index (χ1v) is 11.7. The second-order valence-corrected chi connectivity index (χ2v) is 9.67. The molecule has 1 unspecified atom stereocenters. The maximum atomic E-state index is 13.4. The Labute approximate surface area is 194 Å². The number of carbonyl (C=O) groups excluding carboxylic acids is 2. The summed E-state index contributed by atoms with van der Waals surface area (Å²) in [5.41, 5.74) is 3.53. The highest BCUT2D eigenvalue weighted by molar-refractivity contribution is 7.13. The van der Waals surface area contributed by atoms with E-state index in [2.05, 4.69) is 10.3 Å². The van der Waals surface area contributed by atoms with Crippen molar-refractivity contribution in [2.45, 2.75) is 12.5 Å². The zero-order valence-corrected chi connectivity index (χ0v) is 18.8. The van der Waals surface area contributed by atoms with Gasteiger partial charge in [-0.15, -0.1) is 11.3 Å². The number of benzene rings is 2. The molecule has 31 heavy (non-hydrogen) atoms. The molecule has 8 heteroatoms. The Morgan fingerprint density at radius 1 is 1.13 bits per heavy atom. The van der Waals surface area contributed by atoms with Gasteiger partial charge in [0, 0.05) is 28.7 Å². The fourth-order valence-corrected chi connectivity index (χ4v) is 5.52. The Balaban J connectivity index is 1.33. The van der Waals surface area contributed by atoms with Gasteiger partial charge in [0.25, 0.3) is 11.8 Å². The maximum Gasteiger partial charge on any atom is 0.274 e. The molecule has 3 aromatic rings. The molecule has 5 nitrogen and oxygen atoms in total. The van der Waals surface area contributed by atoms with E-state index in [9.17, 15) is 9.59 Å². The van der Waals surface area contributed by atoms with Crippen LogP contribution >= 0.6 is 34.5 Å². The lowest BCUT2D eigenvalue weighted by Crippen LogP contribution is -2.45. The summed E-state index contributed by atoms with van der Waals surface area (Å²) in [6, 6.07) is 14.3. The minimum absolute atomic E-state index is 0.0328. The smallest absolute Gasteiger partial charge is 0.274 e. The van der Waals surface area contributed by atoms with E-state index in [1.54, 1.807) is 35.8 Å². The number of halogens is 2. The number of hydrogen-bond donors (Lipinski definition) is 1. The number of nitrogens with one attached hydrogen (secondary N) is 1. The third-order valence-corrected chi connectivity index (χ3v) is 7.33. The Kier molecular flexibility index (Phi) is 5.46. The quantitative estimate of drug-likeness (QED) is 0.568. The number of rotatable bonds is 5. The van der Waals surface area contributed by atoms with Crippen molar-refractivity contribution in [3.05, 3.63) is 75.3 Å². The molecule has 158 valence electrons. The normalized spacial score (nSPS) is 21.6. The number of carbonyl (C=O) groups is 2. The molecule has 2 heterocycles. The van der Waals surface area contributed by atoms with E-state index in [0.29, 0.717) is 46.2 Å². The van der Waals surface area contributed by atoms with Gasteiger partial charge in [0.2, 0.25) is 0 Å². The summed E-state index contributed by atoms with van der Waals surface area (Å²) in [6.07, 6.45) is 1.10. The van der Waals surface area contributed by atoms with E-state index in [1.807, 2.05) is 23.1 Å². The third kappa shape index (κ3) is 4.07. The van der Waals surface area contributed by atoms with Crippen LogP contribution in [0.3, 0.4) is 0 Å². The fourth-order valence-electron chi connectivity index (χ4n) is 4.36. The summed E-state index contributed by atoms with van der Waals surface area (Å²) in [5.74, 6) is 0.653. The van der Waals surface area contributed by atoms with Crippen molar-refractivity contribution in [3.8, 4) is 10.4 Å². The molecular weight excluding hydrogens is 453 g/mol. The first-order chi connectivity index (χ1) is 15.0. The summed E-state index contributed by atoms with van der Waals surface area (Å²) < 4.78 is 0. The van der Waals surface area contributed by atoms with E-state index in [0.717, 1.165) is 16.9 Å². The average Bonchev–Trinajstić information content (AvgIpc) is 3.20. The molecule has 0 bridgehead atoms. The molecule has 1 aliphatic carbocycles. The highest BCUT2D eigenvalue weighted by atomic mass is 35.5. The summed E-state index contributed by atoms with van der Waals surface area (Å²) in [7, 11) is 0. The molecule has 5 rings (SSSR count). The Bertz CT molecular complexity index is 1160. The van der Waals surface area contributed by atoms with Crippen molar-refractivity contribution in [3.63, 3.8) is 0 Å². The maximum absolute atomic E-state index is 13.4. The Morgan fingerprint density at radius 2 is 1.90 bits per heavy atom. The van der Waals surface area contributed by atoms with Crippen LogP contribution in [0.5, 0.6) is 0 Å². The van der Waals surface area contributed by atoms with Gasteiger partial charge in [-0.3, -0.25) is 9.59 Å². The molecule has 0 radical (unpaired) electrons. The fraction of sp³-hybridized carbons (Fsp3) is 0.261. The molecule has 1 aliphatic heterocycles. The van der Waals surface area contributed by atoms with Gasteiger partial charge in [0.1, 0.15) is 5.69 Å². The van der Waals surface area contributed by atoms with Gasteiger partial charge in [0.15, 0.2) is 0 Å². The summed E-state index contributed by atoms with van der Waals surface area (Å²) in [5, 5.41) is 4.12. The van der Waals surface area contributed by atoms with Crippen molar-refractivity contribution in [1.82, 2.24) is 15.2 Å². The van der Waals surface area contributed by atoms with Gasteiger partial charge in [-0.2, -0.15) is 0 Å². The molecule has 2 fully saturated rings. The van der Waals surface area contributed by atoms with Crippen LogP contribution in [0, 0.1) is 11.8 Å². The SMILES string of the molecule is O=C(NC[C@@H]1C2C[C@H]2CN1C(=O)c1ncsc1-c1cccc(Cl)c1)c1cccc(Cl)c1. The number of hydrogen-bond acceptors (Lipinski definition) is 4. The van der Waals surface area contributed by atoms with Gasteiger partial charge in [0.05, 0.1) is 16.4 Å². The van der Waals surface area contributed by atoms with Crippen LogP contribution in [0.15, 0.2) is 54.0 Å². The molecule has 2 aromatic carbocycles. The predicted molar refractivity (Wildman–Crippen MR) is 123 cm³/mol. The van der Waals surface area contributed by atoms with Gasteiger partial charge in [-0.25, -0.2) is 4.98 Å². The number of likely N-dealkylation sites (tertiary alicyclic amines) is 1. The second kappa shape index (κ2) is 8.26. The molecule has 1 saturated carbocycles. The molecular formula is C23H19Cl2N3O2S. The summed E-state index contributed by atoms with van der Waals surface area (Å²) in [6.45, 7) is 1.11. The second-order valence-electron chi connectivity index (χ2n) is 7.95. The zero-order valence-electron chi connectivity index (χ0n) is 16.4. The zero-order chi connectivity index (χ0) is 21.5. The van der Waals surface area contributed by atoms with Gasteiger partial charge < -0.3 is 10.2 Å². The molecule has 2 aliphatic rings. The molecule has 1 N–H and O–H groups in total. The summed E-state index contributed by atoms with van der Waals surface area (Å²) >= 11 is 13.6. The van der Waals surface area contributed by atoms with E-state index >= 15 is 0 Å². The van der Waals surface area contributed by atoms with Crippen LogP contribution in [0.4, 0.5) is 0 Å². The number of amides is 2. The van der Waals surface area contributed by atoms with Gasteiger partial charge in [-0.1, -0.05) is 41.4 Å². The highest BCUT2D eigenvalue weighted by Crippen LogP contribution is 2.50. The highest BCUT2D eigenvalue weighted by Gasteiger charge is 2.54. The van der Waals surface area contributed by atoms with Crippen molar-refractivity contribution in [2.24, 2.45) is 11.8 Å². The number of nitrogens with zero attached hydrogens (tertiary/aromatic N) is 2. The largest absolute Gasteiger partial charge is 0.350 e. The predicted octanol–water partition coefficient (Wildman–Crippen LogP) is 5.01. The first-order valence-electron chi connectivity index (χ1n) is 10.1. The summed E-state index contributed by atoms with van der Waals surface area (Å²) in [4.78, 5) is 33.0. The van der Waals surface area contributed by atoms with E-state index < -0.39 is 0 Å². The van der Waals surface area contributed by atoms with Crippen LogP contribution in [-0.4, -0.2) is 40.8 Å². The van der Waals surface area contributed by atoms with Crippen LogP contribution in [0.25, 0.3) is 10.4 Å². The van der Waals surface area contributed by atoms with Crippen molar-refractivity contribution in [1.29, 1.82) is 0 Å². The molecule has 1 aromatic heterocycles. The minimum atomic E-state index is -0.188. The first kappa shape index (κ1) is 20.5. The van der Waals surface area contributed by atoms with Crippen LogP contribution in [0.2, 0.25) is 10.0 Å². The molecule has 3 atom stereocenters. The topological polar surface area (TPSA) is 62.3 Å². The van der Waals surface area contributed by atoms with E-state index in [1.165, 1.54) is 11.3 Å². The Morgan fingerprint density at radius 3 is 2.68 bits per heavy atom. The lowest BCUT2D eigenvalue weighted by Gasteiger charge is -2.27.